The van der Waals surface area contributed by atoms with Gasteiger partial charge in [0.15, 0.2) is 0 Å². The Morgan fingerprint density at radius 1 is 1.00 bits per heavy atom. The lowest BCUT2D eigenvalue weighted by Gasteiger charge is -2.24. The van der Waals surface area contributed by atoms with Gasteiger partial charge in [0.1, 0.15) is 17.6 Å². The highest BCUT2D eigenvalue weighted by molar-refractivity contribution is 5.87. The van der Waals surface area contributed by atoms with Crippen LogP contribution in [0.5, 0.6) is 5.75 Å². The maximum absolute atomic E-state index is 13.7. The van der Waals surface area contributed by atoms with Crippen molar-refractivity contribution in [1.82, 2.24) is 14.9 Å². The molecule has 168 valence electrons. The number of para-hydroxylation sites is 2. The zero-order valence-electron chi connectivity index (χ0n) is 18.7. The molecule has 33 heavy (non-hydrogen) atoms. The molecule has 2 N–H and O–H groups in total. The van der Waals surface area contributed by atoms with Crippen LogP contribution in [0.1, 0.15) is 43.7 Å². The topological polar surface area (TPSA) is 67.2 Å². The Hall–Kier alpha value is -3.60. The van der Waals surface area contributed by atoms with Crippen LogP contribution >= 0.6 is 0 Å². The molecular formula is C28H29N3O2. The van der Waals surface area contributed by atoms with Crippen LogP contribution in [0.25, 0.3) is 22.4 Å². The van der Waals surface area contributed by atoms with Crippen LogP contribution in [0.3, 0.4) is 0 Å². The van der Waals surface area contributed by atoms with Gasteiger partial charge in [-0.3, -0.25) is 4.79 Å². The molecule has 0 bridgehead atoms. The van der Waals surface area contributed by atoms with E-state index in [-0.39, 0.29) is 17.7 Å². The predicted octanol–water partition coefficient (Wildman–Crippen LogP) is 5.64. The number of carbonyl (C=O) groups excluding carboxylic acids is 1. The summed E-state index contributed by atoms with van der Waals surface area (Å²) in [6, 6.07) is 25.2. The second kappa shape index (κ2) is 9.49. The number of hydrogen-bond donors (Lipinski definition) is 2. The van der Waals surface area contributed by atoms with Crippen LogP contribution in [-0.4, -0.2) is 26.6 Å². The molecule has 1 aliphatic carbocycles. The van der Waals surface area contributed by atoms with Gasteiger partial charge in [-0.05, 0) is 55.5 Å². The molecule has 5 heteroatoms. The van der Waals surface area contributed by atoms with Gasteiger partial charge in [0.25, 0.3) is 0 Å². The summed E-state index contributed by atoms with van der Waals surface area (Å²) < 4.78 is 2.07. The highest BCUT2D eigenvalue weighted by Gasteiger charge is 2.28. The van der Waals surface area contributed by atoms with E-state index in [1.807, 2.05) is 54.6 Å². The number of phenols is 1. The van der Waals surface area contributed by atoms with Gasteiger partial charge in [-0.2, -0.15) is 0 Å². The molecule has 1 atom stereocenters. The Morgan fingerprint density at radius 2 is 1.76 bits per heavy atom. The molecule has 1 fully saturated rings. The van der Waals surface area contributed by atoms with Crippen molar-refractivity contribution >= 4 is 16.9 Å². The van der Waals surface area contributed by atoms with Gasteiger partial charge >= 0.3 is 0 Å². The van der Waals surface area contributed by atoms with E-state index >= 15 is 0 Å². The summed E-state index contributed by atoms with van der Waals surface area (Å²) in [5.41, 5.74) is 3.77. The zero-order chi connectivity index (χ0) is 22.6. The minimum absolute atomic E-state index is 0.0439. The lowest BCUT2D eigenvalue weighted by Crippen LogP contribution is -2.38. The number of benzene rings is 3. The van der Waals surface area contributed by atoms with E-state index in [9.17, 15) is 9.90 Å². The number of aromatic nitrogens is 2. The molecule has 5 rings (SSSR count). The Morgan fingerprint density at radius 3 is 2.55 bits per heavy atom. The molecule has 0 radical (unpaired) electrons. The van der Waals surface area contributed by atoms with Crippen molar-refractivity contribution in [3.05, 3.63) is 84.4 Å². The molecule has 1 amide bonds. The largest absolute Gasteiger partial charge is 0.508 e. The number of amides is 1. The number of phenolic OH excluding ortho intramolecular Hbond substituents is 1. The first-order chi connectivity index (χ1) is 16.2. The van der Waals surface area contributed by atoms with Gasteiger partial charge in [0.2, 0.25) is 5.91 Å². The number of carbonyl (C=O) groups is 1. The van der Waals surface area contributed by atoms with Crippen molar-refractivity contribution in [2.75, 3.05) is 0 Å². The highest BCUT2D eigenvalue weighted by atomic mass is 16.3. The van der Waals surface area contributed by atoms with E-state index in [1.165, 1.54) is 18.4 Å². The Labute approximate surface area is 194 Å². The summed E-state index contributed by atoms with van der Waals surface area (Å²) in [4.78, 5) is 18.6. The van der Waals surface area contributed by atoms with Crippen LogP contribution in [0.4, 0.5) is 0 Å². The van der Waals surface area contributed by atoms with E-state index in [0.29, 0.717) is 12.2 Å². The monoisotopic (exact) mass is 439 g/mol. The number of imidazole rings is 1. The van der Waals surface area contributed by atoms with E-state index < -0.39 is 6.04 Å². The quantitative estimate of drug-likeness (QED) is 0.391. The molecule has 0 saturated heterocycles. The van der Waals surface area contributed by atoms with Crippen molar-refractivity contribution in [2.45, 2.75) is 50.6 Å². The van der Waals surface area contributed by atoms with Crippen LogP contribution in [0.2, 0.25) is 0 Å². The van der Waals surface area contributed by atoms with Crippen molar-refractivity contribution in [3.63, 3.8) is 0 Å². The van der Waals surface area contributed by atoms with Crippen LogP contribution in [-0.2, 0) is 11.2 Å². The van der Waals surface area contributed by atoms with Gasteiger partial charge in [-0.25, -0.2) is 4.98 Å². The van der Waals surface area contributed by atoms with Gasteiger partial charge in [0.05, 0.1) is 11.0 Å². The second-order valence-electron chi connectivity index (χ2n) is 8.87. The Balaban J connectivity index is 1.58. The summed E-state index contributed by atoms with van der Waals surface area (Å²) in [6.07, 6.45) is 5.87. The SMILES string of the molecule is O=C(NC1CCCC1)C(CCc1ccccc1)n1c(-c2cccc(O)c2)nc2ccccc21. The fraction of sp³-hybridized carbons (Fsp3) is 0.286. The lowest BCUT2D eigenvalue weighted by molar-refractivity contribution is -0.125. The van der Waals surface area contributed by atoms with Gasteiger partial charge in [-0.15, -0.1) is 0 Å². The van der Waals surface area contributed by atoms with Crippen molar-refractivity contribution in [1.29, 1.82) is 0 Å². The van der Waals surface area contributed by atoms with Gasteiger partial charge in [0, 0.05) is 11.6 Å². The molecule has 1 heterocycles. The number of aryl methyl sites for hydroxylation is 1. The first-order valence-corrected chi connectivity index (χ1v) is 11.8. The number of hydrogen-bond acceptors (Lipinski definition) is 3. The predicted molar refractivity (Wildman–Crippen MR) is 131 cm³/mol. The summed E-state index contributed by atoms with van der Waals surface area (Å²) >= 11 is 0. The summed E-state index contributed by atoms with van der Waals surface area (Å²) in [6.45, 7) is 0. The number of nitrogens with one attached hydrogen (secondary N) is 1. The number of rotatable bonds is 7. The molecule has 0 aliphatic heterocycles. The van der Waals surface area contributed by atoms with Crippen LogP contribution < -0.4 is 5.32 Å². The smallest absolute Gasteiger partial charge is 0.243 e. The zero-order valence-corrected chi connectivity index (χ0v) is 18.7. The summed E-state index contributed by atoms with van der Waals surface area (Å²) in [5, 5.41) is 13.4. The molecule has 5 nitrogen and oxygen atoms in total. The van der Waals surface area contributed by atoms with E-state index in [0.717, 1.165) is 35.9 Å². The van der Waals surface area contributed by atoms with Crippen molar-refractivity contribution < 1.29 is 9.90 Å². The normalized spacial score (nSPS) is 15.0. The molecule has 1 aromatic heterocycles. The van der Waals surface area contributed by atoms with Gasteiger partial charge in [-0.1, -0.05) is 67.4 Å². The number of aromatic hydroxyl groups is 1. The molecule has 4 aromatic rings. The fourth-order valence-electron chi connectivity index (χ4n) is 4.90. The summed E-state index contributed by atoms with van der Waals surface area (Å²) in [5.74, 6) is 0.927. The van der Waals surface area contributed by atoms with Crippen LogP contribution in [0, 0.1) is 0 Å². The van der Waals surface area contributed by atoms with Crippen molar-refractivity contribution in [2.24, 2.45) is 0 Å². The molecule has 1 aliphatic rings. The molecule has 0 spiro atoms. The highest BCUT2D eigenvalue weighted by Crippen LogP contribution is 2.32. The molecular weight excluding hydrogens is 410 g/mol. The van der Waals surface area contributed by atoms with E-state index in [4.69, 9.17) is 4.98 Å². The maximum atomic E-state index is 13.7. The lowest BCUT2D eigenvalue weighted by atomic mass is 10.0. The third-order valence-electron chi connectivity index (χ3n) is 6.57. The Bertz CT molecular complexity index is 1240. The van der Waals surface area contributed by atoms with Gasteiger partial charge < -0.3 is 15.0 Å². The van der Waals surface area contributed by atoms with Crippen molar-refractivity contribution in [3.8, 4) is 17.1 Å². The second-order valence-corrected chi connectivity index (χ2v) is 8.87. The first kappa shape index (κ1) is 21.3. The van der Waals surface area contributed by atoms with E-state index in [1.54, 1.807) is 12.1 Å². The maximum Gasteiger partial charge on any atom is 0.243 e. The average molecular weight is 440 g/mol. The third-order valence-corrected chi connectivity index (χ3v) is 6.57. The van der Waals surface area contributed by atoms with E-state index in [2.05, 4.69) is 22.0 Å². The minimum atomic E-state index is -0.407. The third kappa shape index (κ3) is 4.63. The number of fused-ring (bicyclic) bond motifs is 1. The standard InChI is InChI=1S/C28H29N3O2/c32-23-14-8-11-21(19-23)27-30-24-15-6-7-16-25(24)31(27)26(18-17-20-9-2-1-3-10-20)28(33)29-22-12-4-5-13-22/h1-3,6-11,14-16,19,22,26,32H,4-5,12-13,17-18H2,(H,29,33). The number of nitrogens with zero attached hydrogens (tertiary/aromatic N) is 2. The molecule has 1 unspecified atom stereocenters. The molecule has 1 saturated carbocycles. The van der Waals surface area contributed by atoms with Crippen LogP contribution in [0.15, 0.2) is 78.9 Å². The minimum Gasteiger partial charge on any atom is -0.508 e. The fourth-order valence-corrected chi connectivity index (χ4v) is 4.90. The summed E-state index contributed by atoms with van der Waals surface area (Å²) in [7, 11) is 0. The molecule has 3 aromatic carbocycles. The average Bonchev–Trinajstić information content (AvgIpc) is 3.48. The first-order valence-electron chi connectivity index (χ1n) is 11.8. The Kier molecular flexibility index (Phi) is 6.11.